The fourth-order valence-corrected chi connectivity index (χ4v) is 9.28. The van der Waals surface area contributed by atoms with E-state index in [9.17, 15) is 5.11 Å². The number of nitrogens with zero attached hydrogens (tertiary/aromatic N) is 9. The third-order valence-electron chi connectivity index (χ3n) is 12.6. The summed E-state index contributed by atoms with van der Waals surface area (Å²) >= 11 is 6.06. The molecule has 0 spiro atoms. The zero-order chi connectivity index (χ0) is 48.4. The van der Waals surface area contributed by atoms with Gasteiger partial charge in [-0.1, -0.05) is 0 Å². The second-order valence-electron chi connectivity index (χ2n) is 16.8. The molecule has 21 heteroatoms. The molecule has 2 fully saturated rings. The van der Waals surface area contributed by atoms with Crippen LogP contribution in [0.5, 0.6) is 34.5 Å². The normalized spacial score (nSPS) is 16.7. The van der Waals surface area contributed by atoms with E-state index in [1.807, 2.05) is 45.8 Å². The molecule has 2 atom stereocenters. The van der Waals surface area contributed by atoms with Crippen molar-refractivity contribution in [1.29, 1.82) is 0 Å². The van der Waals surface area contributed by atoms with Gasteiger partial charge in [0, 0.05) is 48.0 Å². The summed E-state index contributed by atoms with van der Waals surface area (Å²) in [5.41, 5.74) is 5.98. The summed E-state index contributed by atoms with van der Waals surface area (Å²) in [6.45, 7) is 2.37. The molecule has 0 bridgehead atoms. The molecule has 6 heterocycles. The number of anilines is 5. The number of aliphatic hydroxyl groups is 2. The van der Waals surface area contributed by atoms with E-state index in [0.717, 1.165) is 111 Å². The number of methoxy groups -OCH3 is 6. The minimum atomic E-state index is 0.0755. The maximum Gasteiger partial charge on any atom is 0.227 e. The van der Waals surface area contributed by atoms with Gasteiger partial charge in [0.2, 0.25) is 22.7 Å². The Morgan fingerprint density at radius 2 is 1.14 bits per heavy atom. The van der Waals surface area contributed by atoms with Gasteiger partial charge in [0.1, 0.15) is 35.9 Å². The van der Waals surface area contributed by atoms with Crippen molar-refractivity contribution in [3.8, 4) is 45.9 Å². The number of rotatable bonds is 15. The maximum absolute atomic E-state index is 9.76. The molecule has 368 valence electrons. The molecule has 2 saturated heterocycles. The van der Waals surface area contributed by atoms with Gasteiger partial charge in [-0.05, 0) is 82.4 Å². The third kappa shape index (κ3) is 11.0. The molecular formula is C48H61ClN12O8. The van der Waals surface area contributed by atoms with Crippen LogP contribution in [-0.2, 0) is 25.7 Å². The lowest BCUT2D eigenvalue weighted by atomic mass is 10.2. The quantitative estimate of drug-likeness (QED) is 0.0725. The summed E-state index contributed by atoms with van der Waals surface area (Å²) < 4.78 is 36.3. The fraction of sp³-hybridized carbons (Fsp3) is 0.458. The number of nitrogens with one attached hydrogen (secondary N) is 3. The minimum Gasteiger partial charge on any atom is -0.493 e. The van der Waals surface area contributed by atoms with Gasteiger partial charge in [-0.2, -0.15) is 4.98 Å². The van der Waals surface area contributed by atoms with E-state index >= 15 is 0 Å². The highest BCUT2D eigenvalue weighted by Crippen LogP contribution is 2.41. The molecule has 0 radical (unpaired) electrons. The van der Waals surface area contributed by atoms with Crippen molar-refractivity contribution >= 4 is 40.8 Å². The Morgan fingerprint density at radius 3 is 1.59 bits per heavy atom. The van der Waals surface area contributed by atoms with E-state index < -0.39 is 0 Å². The Labute approximate surface area is 406 Å². The molecule has 4 aromatic heterocycles. The summed E-state index contributed by atoms with van der Waals surface area (Å²) in [6.07, 6.45) is 17.4. The number of halogens is 1. The number of aliphatic hydroxyl groups excluding tert-OH is 2. The zero-order valence-electron chi connectivity index (χ0n) is 39.9. The van der Waals surface area contributed by atoms with Crippen molar-refractivity contribution in [2.45, 2.75) is 76.3 Å². The van der Waals surface area contributed by atoms with Gasteiger partial charge in [0.05, 0.1) is 97.1 Å². The first-order valence-electron chi connectivity index (χ1n) is 23.1. The van der Waals surface area contributed by atoms with Crippen molar-refractivity contribution in [2.24, 2.45) is 0 Å². The highest BCUT2D eigenvalue weighted by atomic mass is 35.5. The second kappa shape index (κ2) is 22.7. The number of hydrogen-bond donors (Lipinski definition) is 5. The number of ether oxygens (including phenoxy) is 6. The topological polar surface area (TPSA) is 222 Å². The highest BCUT2D eigenvalue weighted by Gasteiger charge is 2.29. The summed E-state index contributed by atoms with van der Waals surface area (Å²) in [5, 5.41) is 28.3. The molecule has 10 rings (SSSR count). The van der Waals surface area contributed by atoms with E-state index in [1.54, 1.807) is 55.3 Å². The van der Waals surface area contributed by atoms with Crippen LogP contribution in [0.15, 0.2) is 49.3 Å². The van der Waals surface area contributed by atoms with E-state index in [1.165, 1.54) is 6.42 Å². The Kier molecular flexibility index (Phi) is 16.0. The van der Waals surface area contributed by atoms with Gasteiger partial charge in [-0.15, -0.1) is 0 Å². The van der Waals surface area contributed by atoms with E-state index in [0.29, 0.717) is 70.5 Å². The summed E-state index contributed by atoms with van der Waals surface area (Å²) in [5.74, 6) is 6.87. The summed E-state index contributed by atoms with van der Waals surface area (Å²) in [7, 11) is 9.51. The fourth-order valence-electron chi connectivity index (χ4n) is 9.09. The molecule has 2 aromatic carbocycles. The maximum atomic E-state index is 9.76. The molecule has 4 aliphatic rings. The van der Waals surface area contributed by atoms with E-state index in [2.05, 4.69) is 40.8 Å². The average Bonchev–Trinajstić information content (AvgIpc) is 4.24. The number of aryl methyl sites for hydroxylation is 2. The van der Waals surface area contributed by atoms with Crippen LogP contribution < -0.4 is 49.3 Å². The zero-order valence-corrected chi connectivity index (χ0v) is 40.7. The molecule has 69 heavy (non-hydrogen) atoms. The van der Waals surface area contributed by atoms with Crippen LogP contribution in [-0.4, -0.2) is 130 Å². The Bertz CT molecular complexity index is 2640. The van der Waals surface area contributed by atoms with Crippen molar-refractivity contribution in [3.63, 3.8) is 0 Å². The standard InChI is InChI=1S/C24H30N6O4.C19H20ClN5O3.C5H11NO/c1-32-19-10-16(11-20(33-2)22(19)34-3)29-12-21(25-14-29)27-23-17-7-4-8-18(17)26-24(28-23)30-9-5-6-15(30)13-31;1-26-14-7-11(8-15(27-2)17(14)28-3)25-9-16(21-10-25)23-18-12-5-4-6-13(12)22-19(20)24-18;7-4-5-2-1-3-6-5/h10-12,14-15,31H,4-9,13H2,1-3H3,(H,26,27,28);7-10H,4-6H2,1-3H3,(H,22,23,24);5-7H,1-4H2/t15-;;5-/m1.1/s1. The number of benzene rings is 2. The molecular weight excluding hydrogens is 908 g/mol. The van der Waals surface area contributed by atoms with Gasteiger partial charge in [-0.25, -0.2) is 24.9 Å². The van der Waals surface area contributed by atoms with Crippen LogP contribution in [0.4, 0.5) is 29.2 Å². The monoisotopic (exact) mass is 968 g/mol. The number of fused-ring (bicyclic) bond motifs is 2. The van der Waals surface area contributed by atoms with Gasteiger partial charge in [0.15, 0.2) is 23.0 Å². The van der Waals surface area contributed by atoms with Crippen molar-refractivity contribution in [3.05, 3.63) is 77.1 Å². The largest absolute Gasteiger partial charge is 0.493 e. The van der Waals surface area contributed by atoms with Crippen LogP contribution in [0, 0.1) is 0 Å². The van der Waals surface area contributed by atoms with Gasteiger partial charge in [-0.3, -0.25) is 0 Å². The summed E-state index contributed by atoms with van der Waals surface area (Å²) in [6, 6.07) is 7.93. The van der Waals surface area contributed by atoms with Gasteiger partial charge in [0.25, 0.3) is 0 Å². The molecule has 6 aromatic rings. The molecule has 2 aliphatic heterocycles. The first-order chi connectivity index (χ1) is 33.7. The molecule has 2 aliphatic carbocycles. The van der Waals surface area contributed by atoms with Crippen molar-refractivity contribution in [1.82, 2.24) is 44.4 Å². The molecule has 0 amide bonds. The molecule has 5 N–H and O–H groups in total. The third-order valence-corrected chi connectivity index (χ3v) is 12.8. The van der Waals surface area contributed by atoms with Crippen molar-refractivity contribution < 1.29 is 38.6 Å². The van der Waals surface area contributed by atoms with Gasteiger partial charge < -0.3 is 68.6 Å². The predicted molar refractivity (Wildman–Crippen MR) is 262 cm³/mol. The lowest BCUT2D eigenvalue weighted by Crippen LogP contribution is -2.33. The van der Waals surface area contributed by atoms with Crippen LogP contribution in [0.25, 0.3) is 11.4 Å². The molecule has 20 nitrogen and oxygen atoms in total. The van der Waals surface area contributed by atoms with E-state index in [4.69, 9.17) is 55.1 Å². The second-order valence-corrected chi connectivity index (χ2v) is 17.1. The lowest BCUT2D eigenvalue weighted by Gasteiger charge is -2.24. The van der Waals surface area contributed by atoms with Crippen molar-refractivity contribution in [2.75, 3.05) is 84.5 Å². The lowest BCUT2D eigenvalue weighted by molar-refractivity contribution is 0.255. The van der Waals surface area contributed by atoms with Crippen LogP contribution in [0.1, 0.15) is 61.0 Å². The molecule has 0 unspecified atom stereocenters. The first-order valence-corrected chi connectivity index (χ1v) is 23.5. The predicted octanol–water partition coefficient (Wildman–Crippen LogP) is 6.19. The van der Waals surface area contributed by atoms with E-state index in [-0.39, 0.29) is 17.9 Å². The number of imidazole rings is 2. The Morgan fingerprint density at radius 1 is 0.623 bits per heavy atom. The smallest absolute Gasteiger partial charge is 0.227 e. The number of aromatic nitrogens is 8. The van der Waals surface area contributed by atoms with Gasteiger partial charge >= 0.3 is 0 Å². The average molecular weight is 970 g/mol. The SMILES string of the molecule is COc1cc(-n2cnc(Nc3nc(Cl)nc4c3CCC4)c2)cc(OC)c1OC.COc1cc(-n2cnc(Nc3nc(N4CCC[C@@H]4CO)nc4c3CCC4)c2)cc(OC)c1OC.OC[C@H]1CCCN1. The molecule has 0 saturated carbocycles. The van der Waals surface area contributed by atoms with Crippen LogP contribution in [0.3, 0.4) is 0 Å². The highest BCUT2D eigenvalue weighted by molar-refractivity contribution is 6.28. The summed E-state index contributed by atoms with van der Waals surface area (Å²) in [4.78, 5) is 29.5. The Balaban J connectivity index is 0.000000165. The Hall–Kier alpha value is -6.61. The van der Waals surface area contributed by atoms with Crippen LogP contribution in [0.2, 0.25) is 5.28 Å². The number of hydrogen-bond acceptors (Lipinski definition) is 18. The van der Waals surface area contributed by atoms with Crippen LogP contribution >= 0.6 is 11.6 Å². The first kappa shape index (κ1) is 48.8. The minimum absolute atomic E-state index is 0.0755.